The molecular formula is C16H13BrClNOS. The number of anilines is 1. The average molecular weight is 383 g/mol. The third-order valence-corrected chi connectivity index (χ3v) is 5.32. The maximum atomic E-state index is 12.9. The highest BCUT2D eigenvalue weighted by molar-refractivity contribution is 9.10. The Morgan fingerprint density at radius 2 is 2.05 bits per heavy atom. The first kappa shape index (κ1) is 14.9. The van der Waals surface area contributed by atoms with Crippen LogP contribution < -0.4 is 4.90 Å². The predicted octanol–water partition coefficient (Wildman–Crippen LogP) is 5.25. The fraction of sp³-hybridized carbons (Fsp3) is 0.188. The summed E-state index contributed by atoms with van der Waals surface area (Å²) in [6.07, 6.45) is 0.969. The molecule has 0 saturated heterocycles. The van der Waals surface area contributed by atoms with Gasteiger partial charge in [0, 0.05) is 15.9 Å². The first-order valence-electron chi connectivity index (χ1n) is 6.65. The van der Waals surface area contributed by atoms with Gasteiger partial charge in [0.2, 0.25) is 0 Å². The SMILES string of the molecule is O=C(c1cc(Br)ccc1Cl)N1CCCSc2ccccc21. The zero-order valence-electron chi connectivity index (χ0n) is 11.2. The fourth-order valence-electron chi connectivity index (χ4n) is 2.35. The van der Waals surface area contributed by atoms with Gasteiger partial charge in [-0.1, -0.05) is 39.7 Å². The van der Waals surface area contributed by atoms with Crippen LogP contribution in [0.3, 0.4) is 0 Å². The van der Waals surface area contributed by atoms with Gasteiger partial charge in [-0.2, -0.15) is 0 Å². The number of nitrogens with zero attached hydrogens (tertiary/aromatic N) is 1. The van der Waals surface area contributed by atoms with E-state index in [9.17, 15) is 4.79 Å². The van der Waals surface area contributed by atoms with Crippen molar-refractivity contribution in [2.24, 2.45) is 0 Å². The van der Waals surface area contributed by atoms with Crippen LogP contribution in [0.4, 0.5) is 5.69 Å². The van der Waals surface area contributed by atoms with Crippen LogP contribution in [0.2, 0.25) is 5.02 Å². The third kappa shape index (κ3) is 3.12. The Bertz CT molecular complexity index is 692. The standard InChI is InChI=1S/C16H13BrClNOS/c17-11-6-7-13(18)12(10-11)16(20)19-8-3-9-21-15-5-2-1-4-14(15)19/h1-2,4-7,10H,3,8-9H2. The zero-order valence-corrected chi connectivity index (χ0v) is 14.3. The minimum absolute atomic E-state index is 0.0451. The second-order valence-corrected chi connectivity index (χ2v) is 7.21. The maximum absolute atomic E-state index is 12.9. The van der Waals surface area contributed by atoms with Crippen molar-refractivity contribution in [3.63, 3.8) is 0 Å². The number of amides is 1. The molecule has 0 fully saturated rings. The van der Waals surface area contributed by atoms with Gasteiger partial charge in [-0.3, -0.25) is 4.79 Å². The van der Waals surface area contributed by atoms with Gasteiger partial charge in [0.15, 0.2) is 0 Å². The molecule has 2 aromatic carbocycles. The average Bonchev–Trinajstić information content (AvgIpc) is 2.71. The molecule has 0 bridgehead atoms. The molecule has 1 aliphatic rings. The summed E-state index contributed by atoms with van der Waals surface area (Å²) >= 11 is 11.4. The van der Waals surface area contributed by atoms with Crippen LogP contribution in [0, 0.1) is 0 Å². The molecule has 1 amide bonds. The molecule has 0 spiro atoms. The van der Waals surface area contributed by atoms with E-state index in [-0.39, 0.29) is 5.91 Å². The van der Waals surface area contributed by atoms with E-state index in [0.29, 0.717) is 17.1 Å². The lowest BCUT2D eigenvalue weighted by molar-refractivity contribution is 0.0987. The number of hydrogen-bond donors (Lipinski definition) is 0. The Balaban J connectivity index is 2.03. The van der Waals surface area contributed by atoms with Crippen LogP contribution in [-0.2, 0) is 0 Å². The van der Waals surface area contributed by atoms with Crippen molar-refractivity contribution in [2.45, 2.75) is 11.3 Å². The monoisotopic (exact) mass is 381 g/mol. The van der Waals surface area contributed by atoms with E-state index in [4.69, 9.17) is 11.6 Å². The Kier molecular flexibility index (Phi) is 4.57. The van der Waals surface area contributed by atoms with Crippen molar-refractivity contribution in [3.05, 3.63) is 57.5 Å². The first-order valence-corrected chi connectivity index (χ1v) is 8.81. The van der Waals surface area contributed by atoms with Crippen LogP contribution in [0.5, 0.6) is 0 Å². The highest BCUT2D eigenvalue weighted by Crippen LogP contribution is 2.35. The number of carbonyl (C=O) groups excluding carboxylic acids is 1. The summed E-state index contributed by atoms with van der Waals surface area (Å²) in [5.74, 6) is 0.976. The fourth-order valence-corrected chi connectivity index (χ4v) is 3.90. The number of fused-ring (bicyclic) bond motifs is 1. The Morgan fingerprint density at radius 3 is 2.90 bits per heavy atom. The minimum atomic E-state index is -0.0451. The molecule has 0 aromatic heterocycles. The largest absolute Gasteiger partial charge is 0.307 e. The van der Waals surface area contributed by atoms with Gasteiger partial charge in [-0.15, -0.1) is 11.8 Å². The Morgan fingerprint density at radius 1 is 1.24 bits per heavy atom. The topological polar surface area (TPSA) is 20.3 Å². The summed E-state index contributed by atoms with van der Waals surface area (Å²) < 4.78 is 0.854. The highest BCUT2D eigenvalue weighted by atomic mass is 79.9. The zero-order chi connectivity index (χ0) is 14.8. The molecular weight excluding hydrogens is 370 g/mol. The number of benzene rings is 2. The normalized spacial score (nSPS) is 14.5. The summed E-state index contributed by atoms with van der Waals surface area (Å²) in [5, 5.41) is 0.484. The number of hydrogen-bond acceptors (Lipinski definition) is 2. The van der Waals surface area contributed by atoms with Crippen LogP contribution in [0.1, 0.15) is 16.8 Å². The van der Waals surface area contributed by atoms with Gasteiger partial charge in [-0.25, -0.2) is 0 Å². The van der Waals surface area contributed by atoms with Gasteiger partial charge >= 0.3 is 0 Å². The van der Waals surface area contributed by atoms with Crippen LogP contribution in [-0.4, -0.2) is 18.2 Å². The third-order valence-electron chi connectivity index (χ3n) is 3.34. The van der Waals surface area contributed by atoms with Crippen molar-refractivity contribution >= 4 is 50.9 Å². The first-order chi connectivity index (χ1) is 10.2. The van der Waals surface area contributed by atoms with Crippen molar-refractivity contribution in [2.75, 3.05) is 17.2 Å². The van der Waals surface area contributed by atoms with E-state index >= 15 is 0 Å². The summed E-state index contributed by atoms with van der Waals surface area (Å²) in [6, 6.07) is 13.4. The van der Waals surface area contributed by atoms with Crippen molar-refractivity contribution in [1.82, 2.24) is 0 Å². The summed E-state index contributed by atoms with van der Waals surface area (Å²) in [4.78, 5) is 15.9. The van der Waals surface area contributed by atoms with Gasteiger partial charge in [0.05, 0.1) is 16.3 Å². The second-order valence-electron chi connectivity index (χ2n) is 4.75. The lowest BCUT2D eigenvalue weighted by Crippen LogP contribution is -2.32. The summed E-state index contributed by atoms with van der Waals surface area (Å²) in [6.45, 7) is 0.714. The molecule has 108 valence electrons. The molecule has 0 N–H and O–H groups in total. The van der Waals surface area contributed by atoms with Crippen LogP contribution in [0.25, 0.3) is 0 Å². The molecule has 0 aliphatic carbocycles. The lowest BCUT2D eigenvalue weighted by Gasteiger charge is -2.23. The number of para-hydroxylation sites is 1. The molecule has 0 saturated carbocycles. The van der Waals surface area contributed by atoms with Gasteiger partial charge in [-0.05, 0) is 42.5 Å². The van der Waals surface area contributed by atoms with E-state index in [1.807, 2.05) is 29.2 Å². The van der Waals surface area contributed by atoms with Crippen LogP contribution >= 0.6 is 39.3 Å². The molecule has 5 heteroatoms. The molecule has 21 heavy (non-hydrogen) atoms. The van der Waals surface area contributed by atoms with E-state index in [2.05, 4.69) is 22.0 Å². The Labute approximate surface area is 141 Å². The van der Waals surface area contributed by atoms with Crippen molar-refractivity contribution < 1.29 is 4.79 Å². The molecule has 2 aromatic rings. The smallest absolute Gasteiger partial charge is 0.259 e. The van der Waals surface area contributed by atoms with E-state index in [1.165, 1.54) is 0 Å². The van der Waals surface area contributed by atoms with Gasteiger partial charge in [0.1, 0.15) is 0 Å². The number of carbonyl (C=O) groups is 1. The molecule has 1 heterocycles. The molecule has 2 nitrogen and oxygen atoms in total. The molecule has 0 unspecified atom stereocenters. The van der Waals surface area contributed by atoms with Gasteiger partial charge < -0.3 is 4.90 Å². The maximum Gasteiger partial charge on any atom is 0.259 e. The predicted molar refractivity (Wildman–Crippen MR) is 92.6 cm³/mol. The quantitative estimate of drug-likeness (QED) is 0.672. The van der Waals surface area contributed by atoms with Crippen molar-refractivity contribution in [3.8, 4) is 0 Å². The van der Waals surface area contributed by atoms with E-state index in [0.717, 1.165) is 27.2 Å². The molecule has 3 rings (SSSR count). The summed E-state index contributed by atoms with van der Waals surface area (Å²) in [7, 11) is 0. The van der Waals surface area contributed by atoms with E-state index < -0.39 is 0 Å². The molecule has 0 atom stereocenters. The lowest BCUT2D eigenvalue weighted by atomic mass is 10.1. The number of thioether (sulfide) groups is 1. The number of halogens is 2. The molecule has 0 radical (unpaired) electrons. The second kappa shape index (κ2) is 6.42. The highest BCUT2D eigenvalue weighted by Gasteiger charge is 2.24. The van der Waals surface area contributed by atoms with Crippen LogP contribution in [0.15, 0.2) is 51.8 Å². The minimum Gasteiger partial charge on any atom is -0.307 e. The summed E-state index contributed by atoms with van der Waals surface area (Å²) in [5.41, 5.74) is 1.51. The number of rotatable bonds is 1. The molecule has 1 aliphatic heterocycles. The Hall–Kier alpha value is -0.970. The van der Waals surface area contributed by atoms with E-state index in [1.54, 1.807) is 23.9 Å². The van der Waals surface area contributed by atoms with Crippen molar-refractivity contribution in [1.29, 1.82) is 0 Å². The van der Waals surface area contributed by atoms with Gasteiger partial charge in [0.25, 0.3) is 5.91 Å².